The van der Waals surface area contributed by atoms with Crippen LogP contribution in [-0.4, -0.2) is 54.4 Å². The summed E-state index contributed by atoms with van der Waals surface area (Å²) in [4.78, 5) is 12.3. The number of aliphatic hydroxyl groups is 1. The number of amides is 1. The molecule has 0 rings (SSSR count). The van der Waals surface area contributed by atoms with Crippen LogP contribution in [0.15, 0.2) is 12.7 Å². The molecule has 0 aromatic rings. The Bertz CT molecular complexity index is 256. The summed E-state index contributed by atoms with van der Waals surface area (Å²) < 4.78 is 36.7. The van der Waals surface area contributed by atoms with E-state index >= 15 is 0 Å². The minimum absolute atomic E-state index is 0.197. The van der Waals surface area contributed by atoms with E-state index in [9.17, 15) is 18.0 Å². The van der Waals surface area contributed by atoms with Gasteiger partial charge in [0, 0.05) is 13.1 Å². The lowest BCUT2D eigenvalue weighted by Crippen LogP contribution is -2.49. The molecule has 0 saturated heterocycles. The smallest absolute Gasteiger partial charge is 0.395 e. The summed E-state index contributed by atoms with van der Waals surface area (Å²) in [5, 5.41) is 11.1. The van der Waals surface area contributed by atoms with Crippen molar-refractivity contribution in [3.8, 4) is 0 Å². The van der Waals surface area contributed by atoms with Crippen LogP contribution in [0, 0.1) is 0 Å². The molecule has 4 nitrogen and oxygen atoms in total. The number of rotatable bonds is 7. The molecule has 0 aromatic heterocycles. The topological polar surface area (TPSA) is 52.6 Å². The van der Waals surface area contributed by atoms with Gasteiger partial charge in [0.25, 0.3) is 0 Å². The average Bonchev–Trinajstić information content (AvgIpc) is 2.22. The number of nitrogens with one attached hydrogen (secondary N) is 1. The highest BCUT2D eigenvalue weighted by atomic mass is 19.4. The number of carbonyl (C=O) groups excluding carboxylic acids is 1. The zero-order valence-electron chi connectivity index (χ0n) is 9.63. The quantitative estimate of drug-likeness (QED) is 0.652. The molecule has 0 aromatic carbocycles. The van der Waals surface area contributed by atoms with Crippen LogP contribution < -0.4 is 5.32 Å². The molecule has 0 aliphatic heterocycles. The van der Waals surface area contributed by atoms with Gasteiger partial charge >= 0.3 is 6.18 Å². The van der Waals surface area contributed by atoms with Crippen LogP contribution in [-0.2, 0) is 4.79 Å². The molecule has 1 amide bonds. The first-order valence-electron chi connectivity index (χ1n) is 5.12. The number of aliphatic hydroxyl groups excluding tert-OH is 1. The molecule has 0 aliphatic rings. The van der Waals surface area contributed by atoms with Gasteiger partial charge in [-0.1, -0.05) is 6.08 Å². The van der Waals surface area contributed by atoms with E-state index in [-0.39, 0.29) is 13.1 Å². The molecule has 0 fully saturated rings. The van der Waals surface area contributed by atoms with Crippen molar-refractivity contribution < 1.29 is 23.1 Å². The monoisotopic (exact) mass is 254 g/mol. The molecular formula is C10H17F3N2O2. The lowest BCUT2D eigenvalue weighted by Gasteiger charge is -2.28. The second-order valence-corrected chi connectivity index (χ2v) is 3.52. The van der Waals surface area contributed by atoms with Crippen molar-refractivity contribution in [2.45, 2.75) is 19.1 Å². The van der Waals surface area contributed by atoms with Crippen LogP contribution in [0.25, 0.3) is 0 Å². The van der Waals surface area contributed by atoms with Crippen LogP contribution >= 0.6 is 0 Å². The summed E-state index contributed by atoms with van der Waals surface area (Å²) in [7, 11) is 0. The maximum absolute atomic E-state index is 12.2. The molecule has 17 heavy (non-hydrogen) atoms. The van der Waals surface area contributed by atoms with E-state index in [1.54, 1.807) is 0 Å². The Balaban J connectivity index is 4.46. The predicted molar refractivity (Wildman–Crippen MR) is 57.4 cm³/mol. The van der Waals surface area contributed by atoms with E-state index in [0.717, 1.165) is 4.90 Å². The minimum Gasteiger partial charge on any atom is -0.395 e. The van der Waals surface area contributed by atoms with Gasteiger partial charge in [-0.2, -0.15) is 13.2 Å². The number of hydrogen-bond donors (Lipinski definition) is 2. The standard InChI is InChI=1S/C10H17F3N2O2/c1-3-4-14-9(17)8(2)15(5-6-16)7-10(11,12)13/h3,8,16H,1,4-7H2,2H3,(H,14,17). The predicted octanol–water partition coefficient (Wildman–Crippen LogP) is 0.534. The maximum atomic E-state index is 12.2. The highest BCUT2D eigenvalue weighted by Crippen LogP contribution is 2.17. The summed E-state index contributed by atoms with van der Waals surface area (Å²) in [5.74, 6) is -0.525. The van der Waals surface area contributed by atoms with Gasteiger partial charge in [0.2, 0.25) is 5.91 Å². The van der Waals surface area contributed by atoms with Crippen molar-refractivity contribution in [2.24, 2.45) is 0 Å². The van der Waals surface area contributed by atoms with Gasteiger partial charge in [-0.05, 0) is 6.92 Å². The fourth-order valence-corrected chi connectivity index (χ4v) is 1.25. The molecule has 1 unspecified atom stereocenters. The van der Waals surface area contributed by atoms with Crippen LogP contribution in [0.3, 0.4) is 0 Å². The summed E-state index contributed by atoms with van der Waals surface area (Å²) in [6.45, 7) is 3.07. The highest BCUT2D eigenvalue weighted by Gasteiger charge is 2.34. The van der Waals surface area contributed by atoms with E-state index in [4.69, 9.17) is 5.11 Å². The Labute approximate surface area is 98.1 Å². The molecule has 1 atom stereocenters. The summed E-state index contributed by atoms with van der Waals surface area (Å²) in [6.07, 6.45) is -2.97. The second-order valence-electron chi connectivity index (χ2n) is 3.52. The third kappa shape index (κ3) is 6.96. The number of alkyl halides is 3. The minimum atomic E-state index is -4.40. The van der Waals surface area contributed by atoms with E-state index in [1.165, 1.54) is 13.0 Å². The van der Waals surface area contributed by atoms with E-state index < -0.39 is 31.3 Å². The van der Waals surface area contributed by atoms with Crippen molar-refractivity contribution >= 4 is 5.91 Å². The molecule has 0 radical (unpaired) electrons. The Morgan fingerprint density at radius 1 is 1.59 bits per heavy atom. The zero-order valence-corrected chi connectivity index (χ0v) is 9.63. The molecule has 0 aliphatic carbocycles. The van der Waals surface area contributed by atoms with Gasteiger partial charge in [0.1, 0.15) is 0 Å². The highest BCUT2D eigenvalue weighted by molar-refractivity contribution is 5.81. The van der Waals surface area contributed by atoms with Gasteiger partial charge in [0.15, 0.2) is 0 Å². The van der Waals surface area contributed by atoms with Gasteiger partial charge in [-0.15, -0.1) is 6.58 Å². The van der Waals surface area contributed by atoms with Crippen molar-refractivity contribution in [3.63, 3.8) is 0 Å². The first-order valence-corrected chi connectivity index (χ1v) is 5.12. The number of hydrogen-bond acceptors (Lipinski definition) is 3. The van der Waals surface area contributed by atoms with Crippen LogP contribution in [0.2, 0.25) is 0 Å². The largest absolute Gasteiger partial charge is 0.401 e. The Morgan fingerprint density at radius 3 is 2.59 bits per heavy atom. The van der Waals surface area contributed by atoms with Crippen molar-refractivity contribution in [1.29, 1.82) is 0 Å². The fraction of sp³-hybridized carbons (Fsp3) is 0.700. The molecule has 0 saturated carbocycles. The summed E-state index contributed by atoms with van der Waals surface area (Å²) >= 11 is 0. The van der Waals surface area contributed by atoms with E-state index in [1.807, 2.05) is 0 Å². The summed E-state index contributed by atoms with van der Waals surface area (Å²) in [5.41, 5.74) is 0. The maximum Gasteiger partial charge on any atom is 0.401 e. The fourth-order valence-electron chi connectivity index (χ4n) is 1.25. The molecule has 2 N–H and O–H groups in total. The van der Waals surface area contributed by atoms with Gasteiger partial charge < -0.3 is 10.4 Å². The zero-order chi connectivity index (χ0) is 13.5. The Kier molecular flexibility index (Phi) is 6.82. The number of nitrogens with zero attached hydrogens (tertiary/aromatic N) is 1. The molecule has 0 heterocycles. The van der Waals surface area contributed by atoms with Crippen LogP contribution in [0.4, 0.5) is 13.2 Å². The molecule has 0 spiro atoms. The summed E-state index contributed by atoms with van der Waals surface area (Å²) in [6, 6.07) is -0.955. The molecule has 7 heteroatoms. The molecule has 100 valence electrons. The molecular weight excluding hydrogens is 237 g/mol. The Hall–Kier alpha value is -1.08. The number of carbonyl (C=O) groups is 1. The number of halogens is 3. The van der Waals surface area contributed by atoms with Crippen molar-refractivity contribution in [2.75, 3.05) is 26.2 Å². The van der Waals surface area contributed by atoms with Crippen LogP contribution in [0.5, 0.6) is 0 Å². The first-order chi connectivity index (χ1) is 7.81. The third-order valence-corrected chi connectivity index (χ3v) is 2.12. The van der Waals surface area contributed by atoms with Crippen molar-refractivity contribution in [3.05, 3.63) is 12.7 Å². The van der Waals surface area contributed by atoms with Gasteiger partial charge in [-0.3, -0.25) is 9.69 Å². The van der Waals surface area contributed by atoms with Crippen molar-refractivity contribution in [1.82, 2.24) is 10.2 Å². The normalized spacial score (nSPS) is 13.5. The average molecular weight is 254 g/mol. The third-order valence-electron chi connectivity index (χ3n) is 2.12. The lowest BCUT2D eigenvalue weighted by atomic mass is 10.2. The van der Waals surface area contributed by atoms with Gasteiger partial charge in [-0.25, -0.2) is 0 Å². The van der Waals surface area contributed by atoms with Gasteiger partial charge in [0.05, 0.1) is 19.2 Å². The second kappa shape index (κ2) is 7.29. The molecule has 0 bridgehead atoms. The Morgan fingerprint density at radius 2 is 2.18 bits per heavy atom. The van der Waals surface area contributed by atoms with E-state index in [0.29, 0.717) is 0 Å². The van der Waals surface area contributed by atoms with Crippen LogP contribution in [0.1, 0.15) is 6.92 Å². The lowest BCUT2D eigenvalue weighted by molar-refractivity contribution is -0.155. The SMILES string of the molecule is C=CCNC(=O)C(C)N(CCO)CC(F)(F)F. The first kappa shape index (κ1) is 15.9. The van der Waals surface area contributed by atoms with E-state index in [2.05, 4.69) is 11.9 Å².